The molecule has 1 aromatic heterocycles. The third kappa shape index (κ3) is 2.22. The Morgan fingerprint density at radius 2 is 1.19 bits per heavy atom. The second-order valence-corrected chi connectivity index (χ2v) is 9.20. The van der Waals surface area contributed by atoms with Gasteiger partial charge in [-0.1, -0.05) is 66.7 Å². The number of carbonyl (C=O) groups is 2. The Kier molecular flexibility index (Phi) is 3.61. The maximum Gasteiger partial charge on any atom is 0.234 e. The molecule has 1 saturated heterocycles. The molecule has 8 rings (SSSR count). The number of likely N-dealkylation sites (tertiary alicyclic amines) is 1. The molecule has 3 aromatic carbocycles. The molecule has 2 amide bonds. The standard InChI is InChI=1S/C28H22N2O2/c31-27-25-23-18-8-1-2-9-19(18)24(21-11-4-3-10-20(21)23)26(25)28(32)30(27)14-13-16-15-29-22-12-6-5-7-17(16)22/h1-12,15,23-26,29H,13-14H2/t23?,24?,25-,26-/m0/s1. The Morgan fingerprint density at radius 1 is 0.688 bits per heavy atom. The van der Waals surface area contributed by atoms with E-state index in [1.807, 2.05) is 48.7 Å². The van der Waals surface area contributed by atoms with E-state index in [2.05, 4.69) is 35.3 Å². The highest BCUT2D eigenvalue weighted by Crippen LogP contribution is 2.60. The van der Waals surface area contributed by atoms with Crippen LogP contribution < -0.4 is 0 Å². The molecule has 1 aliphatic heterocycles. The molecule has 3 aliphatic carbocycles. The van der Waals surface area contributed by atoms with Crippen molar-refractivity contribution in [2.24, 2.45) is 11.8 Å². The highest BCUT2D eigenvalue weighted by Gasteiger charge is 2.61. The second-order valence-electron chi connectivity index (χ2n) is 9.20. The summed E-state index contributed by atoms with van der Waals surface area (Å²) in [5, 5.41) is 1.16. The summed E-state index contributed by atoms with van der Waals surface area (Å²) in [5.41, 5.74) is 7.10. The molecule has 2 bridgehead atoms. The van der Waals surface area contributed by atoms with Crippen molar-refractivity contribution < 1.29 is 9.59 Å². The second kappa shape index (κ2) is 6.42. The van der Waals surface area contributed by atoms with Crippen molar-refractivity contribution in [3.05, 3.63) is 107 Å². The van der Waals surface area contributed by atoms with Gasteiger partial charge in [0.1, 0.15) is 0 Å². The highest BCUT2D eigenvalue weighted by atomic mass is 16.2. The molecular formula is C28H22N2O2. The SMILES string of the molecule is O=C1[C@H]2C3c4ccccc4C(c4ccccc43)[C@@H]2C(=O)N1CCc1c[nH]c2ccccc12. The van der Waals surface area contributed by atoms with Crippen molar-refractivity contribution in [3.8, 4) is 0 Å². The van der Waals surface area contributed by atoms with Gasteiger partial charge in [0.05, 0.1) is 11.8 Å². The summed E-state index contributed by atoms with van der Waals surface area (Å²) in [7, 11) is 0. The number of H-pyrrole nitrogens is 1. The minimum Gasteiger partial charge on any atom is -0.361 e. The molecule has 4 heteroatoms. The minimum atomic E-state index is -0.291. The lowest BCUT2D eigenvalue weighted by atomic mass is 9.55. The van der Waals surface area contributed by atoms with Crippen LogP contribution in [0.15, 0.2) is 79.0 Å². The molecule has 2 heterocycles. The number of para-hydroxylation sites is 1. The molecule has 0 spiro atoms. The highest BCUT2D eigenvalue weighted by molar-refractivity contribution is 6.07. The van der Waals surface area contributed by atoms with Gasteiger partial charge in [-0.3, -0.25) is 14.5 Å². The molecule has 32 heavy (non-hydrogen) atoms. The summed E-state index contributed by atoms with van der Waals surface area (Å²) in [6.07, 6.45) is 2.66. The first kappa shape index (κ1) is 18.0. The van der Waals surface area contributed by atoms with Crippen LogP contribution in [0, 0.1) is 11.8 Å². The van der Waals surface area contributed by atoms with Crippen LogP contribution >= 0.6 is 0 Å². The Morgan fingerprint density at radius 3 is 1.75 bits per heavy atom. The predicted molar refractivity (Wildman–Crippen MR) is 122 cm³/mol. The number of hydrogen-bond acceptors (Lipinski definition) is 2. The van der Waals surface area contributed by atoms with Gasteiger partial charge < -0.3 is 4.98 Å². The van der Waals surface area contributed by atoms with Crippen molar-refractivity contribution in [2.75, 3.05) is 6.54 Å². The van der Waals surface area contributed by atoms with Gasteiger partial charge in [-0.2, -0.15) is 0 Å². The summed E-state index contributed by atoms with van der Waals surface area (Å²) in [4.78, 5) is 32.2. The number of amides is 2. The average Bonchev–Trinajstić information content (AvgIpc) is 3.36. The van der Waals surface area contributed by atoms with Crippen molar-refractivity contribution in [1.29, 1.82) is 0 Å². The predicted octanol–water partition coefficient (Wildman–Crippen LogP) is 4.60. The van der Waals surface area contributed by atoms with Crippen LogP contribution in [0.5, 0.6) is 0 Å². The average molecular weight is 418 g/mol. The molecule has 2 atom stereocenters. The van der Waals surface area contributed by atoms with E-state index in [-0.39, 0.29) is 35.5 Å². The van der Waals surface area contributed by atoms with Crippen LogP contribution in [0.2, 0.25) is 0 Å². The number of aromatic amines is 1. The Labute approximate surface area is 185 Å². The van der Waals surface area contributed by atoms with Crippen LogP contribution in [0.4, 0.5) is 0 Å². The molecule has 0 radical (unpaired) electrons. The van der Waals surface area contributed by atoms with Crippen molar-refractivity contribution >= 4 is 22.7 Å². The number of imide groups is 1. The maximum atomic E-state index is 13.7. The van der Waals surface area contributed by atoms with Crippen molar-refractivity contribution in [1.82, 2.24) is 9.88 Å². The molecule has 0 saturated carbocycles. The number of nitrogens with one attached hydrogen (secondary N) is 1. The first-order valence-corrected chi connectivity index (χ1v) is 11.3. The monoisotopic (exact) mass is 418 g/mol. The van der Waals surface area contributed by atoms with Crippen LogP contribution in [0.3, 0.4) is 0 Å². The first-order valence-electron chi connectivity index (χ1n) is 11.3. The topological polar surface area (TPSA) is 53.2 Å². The zero-order chi connectivity index (χ0) is 21.4. The van der Waals surface area contributed by atoms with Crippen molar-refractivity contribution in [3.63, 3.8) is 0 Å². The fourth-order valence-corrected chi connectivity index (χ4v) is 6.53. The van der Waals surface area contributed by atoms with Gasteiger partial charge >= 0.3 is 0 Å². The molecule has 4 aromatic rings. The van der Waals surface area contributed by atoms with Gasteiger partial charge in [0, 0.05) is 35.5 Å². The smallest absolute Gasteiger partial charge is 0.234 e. The Hall–Kier alpha value is -3.66. The van der Waals surface area contributed by atoms with E-state index < -0.39 is 0 Å². The van der Waals surface area contributed by atoms with Crippen LogP contribution in [-0.4, -0.2) is 28.2 Å². The number of aromatic nitrogens is 1. The molecular weight excluding hydrogens is 396 g/mol. The normalized spacial score (nSPS) is 25.2. The molecule has 1 fully saturated rings. The zero-order valence-corrected chi connectivity index (χ0v) is 17.5. The molecule has 0 unspecified atom stereocenters. The van der Waals surface area contributed by atoms with E-state index in [4.69, 9.17) is 0 Å². The van der Waals surface area contributed by atoms with Crippen molar-refractivity contribution in [2.45, 2.75) is 18.3 Å². The van der Waals surface area contributed by atoms with Gasteiger partial charge in [-0.05, 0) is 40.3 Å². The van der Waals surface area contributed by atoms with Crippen LogP contribution in [-0.2, 0) is 16.0 Å². The lowest BCUT2D eigenvalue weighted by Gasteiger charge is -2.45. The zero-order valence-electron chi connectivity index (χ0n) is 17.5. The van der Waals surface area contributed by atoms with Crippen LogP contribution in [0.25, 0.3) is 10.9 Å². The number of rotatable bonds is 3. The van der Waals surface area contributed by atoms with Gasteiger partial charge in [0.15, 0.2) is 0 Å². The Bertz CT molecular complexity index is 1300. The lowest BCUT2D eigenvalue weighted by Crippen LogP contribution is -2.41. The number of benzene rings is 3. The minimum absolute atomic E-state index is 0.00107. The molecule has 4 nitrogen and oxygen atoms in total. The van der Waals surface area contributed by atoms with E-state index in [0.29, 0.717) is 13.0 Å². The summed E-state index contributed by atoms with van der Waals surface area (Å²) < 4.78 is 0. The number of nitrogens with zero attached hydrogens (tertiary/aromatic N) is 1. The number of hydrogen-bond donors (Lipinski definition) is 1. The largest absolute Gasteiger partial charge is 0.361 e. The summed E-state index contributed by atoms with van der Waals surface area (Å²) in [6, 6.07) is 24.9. The third-order valence-electron chi connectivity index (χ3n) is 7.82. The van der Waals surface area contributed by atoms with Gasteiger partial charge in [0.25, 0.3) is 0 Å². The van der Waals surface area contributed by atoms with Gasteiger partial charge in [-0.15, -0.1) is 0 Å². The molecule has 156 valence electrons. The third-order valence-corrected chi connectivity index (χ3v) is 7.82. The van der Waals surface area contributed by atoms with Crippen LogP contribution in [0.1, 0.15) is 39.7 Å². The van der Waals surface area contributed by atoms with Gasteiger partial charge in [-0.25, -0.2) is 0 Å². The fourth-order valence-electron chi connectivity index (χ4n) is 6.53. The summed E-state index contributed by atoms with van der Waals surface area (Å²) in [5.74, 6) is -0.655. The lowest BCUT2D eigenvalue weighted by molar-refractivity contribution is -0.139. The maximum absolute atomic E-state index is 13.7. The van der Waals surface area contributed by atoms with E-state index in [1.165, 1.54) is 22.3 Å². The van der Waals surface area contributed by atoms with E-state index in [1.54, 1.807) is 4.90 Å². The summed E-state index contributed by atoms with van der Waals surface area (Å²) >= 11 is 0. The Balaban J connectivity index is 1.27. The first-order chi connectivity index (χ1) is 15.7. The van der Waals surface area contributed by atoms with Gasteiger partial charge in [0.2, 0.25) is 11.8 Å². The van der Waals surface area contributed by atoms with E-state index in [9.17, 15) is 9.59 Å². The fraction of sp³-hybridized carbons (Fsp3) is 0.214. The number of fused-ring (bicyclic) bond motifs is 1. The van der Waals surface area contributed by atoms with E-state index in [0.717, 1.165) is 16.5 Å². The number of carbonyl (C=O) groups excluding carboxylic acids is 2. The summed E-state index contributed by atoms with van der Waals surface area (Å²) in [6.45, 7) is 0.429. The molecule has 1 N–H and O–H groups in total. The quantitative estimate of drug-likeness (QED) is 0.494. The molecule has 4 aliphatic rings. The van der Waals surface area contributed by atoms with E-state index >= 15 is 0 Å².